The molecule has 1 aliphatic heterocycles. The van der Waals surface area contributed by atoms with E-state index in [0.717, 1.165) is 24.5 Å². The van der Waals surface area contributed by atoms with Gasteiger partial charge in [-0.15, -0.1) is 0 Å². The molecule has 2 rings (SSSR count). The number of hydrogen-bond donors (Lipinski definition) is 1. The minimum absolute atomic E-state index is 0.738. The molecule has 0 saturated carbocycles. The van der Waals surface area contributed by atoms with Crippen LogP contribution in [0.3, 0.4) is 0 Å². The van der Waals surface area contributed by atoms with Gasteiger partial charge in [-0.3, -0.25) is 0 Å². The molecule has 0 radical (unpaired) electrons. The Hall–Kier alpha value is -1.43. The van der Waals surface area contributed by atoms with Crippen LogP contribution in [0.5, 0.6) is 0 Å². The maximum Gasteiger partial charge on any atom is 0.107 e. The maximum absolute atomic E-state index is 8.50. The van der Waals surface area contributed by atoms with Crippen molar-refractivity contribution in [2.45, 2.75) is 6.54 Å². The lowest BCUT2D eigenvalue weighted by Crippen LogP contribution is -1.93. The van der Waals surface area contributed by atoms with Gasteiger partial charge in [0.2, 0.25) is 0 Å². The molecule has 1 aromatic heterocycles. The summed E-state index contributed by atoms with van der Waals surface area (Å²) in [6, 6.07) is 3.96. The van der Waals surface area contributed by atoms with Crippen LogP contribution in [0.2, 0.25) is 0 Å². The zero-order chi connectivity index (χ0) is 6.97. The average molecular weight is 133 g/mol. The van der Waals surface area contributed by atoms with E-state index < -0.39 is 0 Å². The number of anilines is 1. The fourth-order valence-corrected chi connectivity index (χ4v) is 1.21. The molecule has 0 unspecified atom stereocenters. The Balaban J connectivity index is 2.49. The molecular weight excluding hydrogens is 126 g/mol. The molecule has 10 heavy (non-hydrogen) atoms. The molecule has 1 N–H and O–H groups in total. The van der Waals surface area contributed by atoms with E-state index in [9.17, 15) is 0 Å². The van der Waals surface area contributed by atoms with Gasteiger partial charge in [0.25, 0.3) is 0 Å². The zero-order valence-corrected chi connectivity index (χ0v) is 5.46. The summed E-state index contributed by atoms with van der Waals surface area (Å²) in [5.74, 6) is 1.07. The first-order chi connectivity index (χ1) is 4.90. The number of rotatable bonds is 0. The monoisotopic (exact) mass is 133 g/mol. The van der Waals surface area contributed by atoms with Crippen molar-refractivity contribution < 1.29 is 0 Å². The van der Waals surface area contributed by atoms with Crippen molar-refractivity contribution in [3.63, 3.8) is 0 Å². The lowest BCUT2D eigenvalue weighted by Gasteiger charge is -1.88. The first-order valence-corrected chi connectivity index (χ1v) is 3.24. The molecular formula is C7H7N3. The third-order valence-corrected chi connectivity index (χ3v) is 1.68. The Bertz CT molecular complexity index is 271. The fourth-order valence-electron chi connectivity index (χ4n) is 1.21. The Labute approximate surface area is 58.9 Å². The van der Waals surface area contributed by atoms with Gasteiger partial charge in [0, 0.05) is 19.3 Å². The van der Waals surface area contributed by atoms with Gasteiger partial charge < -0.3 is 9.88 Å². The van der Waals surface area contributed by atoms with E-state index in [-0.39, 0.29) is 0 Å². The van der Waals surface area contributed by atoms with Gasteiger partial charge in [0.15, 0.2) is 0 Å². The van der Waals surface area contributed by atoms with Gasteiger partial charge in [-0.05, 0) is 6.07 Å². The average Bonchev–Trinajstić information content (AvgIpc) is 2.42. The first-order valence-electron chi connectivity index (χ1n) is 3.24. The molecule has 0 aromatic carbocycles. The highest BCUT2D eigenvalue weighted by atomic mass is 15.2. The van der Waals surface area contributed by atoms with Crippen LogP contribution in [-0.2, 0) is 6.54 Å². The van der Waals surface area contributed by atoms with Gasteiger partial charge in [-0.1, -0.05) is 0 Å². The van der Waals surface area contributed by atoms with Crippen molar-refractivity contribution >= 4 is 5.82 Å². The second-order valence-corrected chi connectivity index (χ2v) is 2.35. The van der Waals surface area contributed by atoms with E-state index in [1.807, 2.05) is 12.3 Å². The van der Waals surface area contributed by atoms with Gasteiger partial charge in [-0.25, -0.2) is 0 Å². The number of aromatic nitrogens is 1. The largest absolute Gasteiger partial charge is 0.370 e. The Morgan fingerprint density at radius 2 is 2.60 bits per heavy atom. The molecule has 0 amide bonds. The number of nitrogens with zero attached hydrogens (tertiary/aromatic N) is 2. The third kappa shape index (κ3) is 0.591. The molecule has 50 valence electrons. The normalized spacial score (nSPS) is 13.9. The first kappa shape index (κ1) is 5.36. The number of nitrogens with one attached hydrogen (secondary N) is 1. The molecule has 0 atom stereocenters. The molecule has 3 nitrogen and oxygen atoms in total. The summed E-state index contributed by atoms with van der Waals surface area (Å²) < 4.78 is 2.05. The summed E-state index contributed by atoms with van der Waals surface area (Å²) in [7, 11) is 0. The van der Waals surface area contributed by atoms with Crippen molar-refractivity contribution in [3.8, 4) is 6.07 Å². The predicted molar refractivity (Wildman–Crippen MR) is 37.6 cm³/mol. The summed E-state index contributed by atoms with van der Waals surface area (Å²) >= 11 is 0. The van der Waals surface area contributed by atoms with E-state index in [2.05, 4.69) is 16.0 Å². The van der Waals surface area contributed by atoms with E-state index in [4.69, 9.17) is 5.26 Å². The molecule has 0 saturated heterocycles. The number of fused-ring (bicyclic) bond motifs is 1. The second kappa shape index (κ2) is 1.77. The molecule has 0 bridgehead atoms. The SMILES string of the molecule is N#Cc1cc2n(c1)CCN2. The topological polar surface area (TPSA) is 40.8 Å². The van der Waals surface area contributed by atoms with Crippen LogP contribution in [0.25, 0.3) is 0 Å². The molecule has 0 spiro atoms. The fraction of sp³-hybridized carbons (Fsp3) is 0.286. The summed E-state index contributed by atoms with van der Waals surface area (Å²) in [6.45, 7) is 1.97. The van der Waals surface area contributed by atoms with Crippen molar-refractivity contribution in [1.29, 1.82) is 5.26 Å². The Kier molecular flexibility index (Phi) is 0.952. The molecule has 3 heteroatoms. The van der Waals surface area contributed by atoms with Gasteiger partial charge in [-0.2, -0.15) is 5.26 Å². The Morgan fingerprint density at radius 1 is 1.70 bits per heavy atom. The summed E-state index contributed by atoms with van der Waals surface area (Å²) in [5, 5.41) is 11.7. The standard InChI is InChI=1S/C7H7N3/c8-4-6-3-7-9-1-2-10(7)5-6/h3,5,9H,1-2H2. The van der Waals surface area contributed by atoms with Crippen LogP contribution < -0.4 is 5.32 Å². The maximum atomic E-state index is 8.50. The lowest BCUT2D eigenvalue weighted by molar-refractivity contribution is 0.810. The smallest absolute Gasteiger partial charge is 0.107 e. The van der Waals surface area contributed by atoms with Crippen LogP contribution in [0.15, 0.2) is 12.3 Å². The van der Waals surface area contributed by atoms with Gasteiger partial charge >= 0.3 is 0 Å². The lowest BCUT2D eigenvalue weighted by atomic mass is 10.4. The van der Waals surface area contributed by atoms with E-state index >= 15 is 0 Å². The third-order valence-electron chi connectivity index (χ3n) is 1.68. The molecule has 1 aliphatic rings. The predicted octanol–water partition coefficient (Wildman–Crippen LogP) is 0.785. The number of hydrogen-bond acceptors (Lipinski definition) is 2. The number of nitriles is 1. The molecule has 2 heterocycles. The van der Waals surface area contributed by atoms with E-state index in [1.165, 1.54) is 0 Å². The van der Waals surface area contributed by atoms with Crippen molar-refractivity contribution in [3.05, 3.63) is 17.8 Å². The quantitative estimate of drug-likeness (QED) is 0.568. The molecule has 0 aliphatic carbocycles. The summed E-state index contributed by atoms with van der Waals surface area (Å²) in [6.07, 6.45) is 1.87. The highest BCUT2D eigenvalue weighted by molar-refractivity contribution is 5.47. The highest BCUT2D eigenvalue weighted by Crippen LogP contribution is 2.17. The van der Waals surface area contributed by atoms with Crippen LogP contribution in [-0.4, -0.2) is 11.1 Å². The summed E-state index contributed by atoms with van der Waals surface area (Å²) in [5.41, 5.74) is 0.738. The van der Waals surface area contributed by atoms with Crippen LogP contribution in [0.4, 0.5) is 5.82 Å². The van der Waals surface area contributed by atoms with Crippen LogP contribution in [0, 0.1) is 11.3 Å². The molecule has 1 aromatic rings. The van der Waals surface area contributed by atoms with E-state index in [1.54, 1.807) is 0 Å². The van der Waals surface area contributed by atoms with Crippen LogP contribution >= 0.6 is 0 Å². The molecule has 0 fully saturated rings. The van der Waals surface area contributed by atoms with E-state index in [0.29, 0.717) is 0 Å². The van der Waals surface area contributed by atoms with Crippen molar-refractivity contribution in [2.75, 3.05) is 11.9 Å². The van der Waals surface area contributed by atoms with Gasteiger partial charge in [0.05, 0.1) is 5.56 Å². The van der Waals surface area contributed by atoms with Crippen molar-refractivity contribution in [1.82, 2.24) is 4.57 Å². The highest BCUT2D eigenvalue weighted by Gasteiger charge is 2.09. The van der Waals surface area contributed by atoms with Crippen LogP contribution in [0.1, 0.15) is 5.56 Å². The zero-order valence-electron chi connectivity index (χ0n) is 5.46. The minimum atomic E-state index is 0.738. The second-order valence-electron chi connectivity index (χ2n) is 2.35. The Morgan fingerprint density at radius 3 is 3.30 bits per heavy atom. The summed E-state index contributed by atoms with van der Waals surface area (Å²) in [4.78, 5) is 0. The minimum Gasteiger partial charge on any atom is -0.370 e. The van der Waals surface area contributed by atoms with Crippen molar-refractivity contribution in [2.24, 2.45) is 0 Å². The van der Waals surface area contributed by atoms with Gasteiger partial charge in [0.1, 0.15) is 11.9 Å².